The summed E-state index contributed by atoms with van der Waals surface area (Å²) in [6, 6.07) is 10.8. The van der Waals surface area contributed by atoms with Crippen LogP contribution >= 0.6 is 24.0 Å². The van der Waals surface area contributed by atoms with Crippen molar-refractivity contribution in [3.63, 3.8) is 0 Å². The molecule has 154 valence electrons. The molecule has 0 unspecified atom stereocenters. The Morgan fingerprint density at radius 3 is 2.25 bits per heavy atom. The van der Waals surface area contributed by atoms with Crippen molar-refractivity contribution in [2.75, 3.05) is 35.4 Å². The number of phenolic OH excluding ortho intramolecular Hbond substituents is 1. The fraction of sp³-hybridized carbons (Fsp3) is 0.350. The van der Waals surface area contributed by atoms with Gasteiger partial charge >= 0.3 is 0 Å². The molecule has 8 heteroatoms. The highest BCUT2D eigenvalue weighted by Crippen LogP contribution is 2.26. The zero-order chi connectivity index (χ0) is 19.8. The van der Waals surface area contributed by atoms with Crippen molar-refractivity contribution in [2.45, 2.75) is 13.1 Å². The van der Waals surface area contributed by atoms with E-state index in [2.05, 4.69) is 10.3 Å². The number of rotatable bonds is 7. The van der Waals surface area contributed by atoms with E-state index in [1.165, 1.54) is 0 Å². The molecule has 2 aromatic carbocycles. The first-order chi connectivity index (χ1) is 13.0. The van der Waals surface area contributed by atoms with Gasteiger partial charge in [0.2, 0.25) is 0 Å². The molecule has 0 amide bonds. The zero-order valence-electron chi connectivity index (χ0n) is 16.9. The first-order valence-corrected chi connectivity index (χ1v) is 8.51. The average Bonchev–Trinajstić information content (AvgIpc) is 2.69. The Balaban J connectivity index is 0.00000392. The van der Waals surface area contributed by atoms with Gasteiger partial charge in [0, 0.05) is 44.4 Å². The quantitative estimate of drug-likeness (QED) is 0.345. The van der Waals surface area contributed by atoms with Crippen LogP contribution in [0.2, 0.25) is 0 Å². The molecule has 0 radical (unpaired) electrons. The molecular formula is C20H28IN3O4. The predicted octanol–water partition coefficient (Wildman–Crippen LogP) is 3.24. The number of hydrogen-bond donors (Lipinski definition) is 2. The van der Waals surface area contributed by atoms with Crippen molar-refractivity contribution in [1.29, 1.82) is 0 Å². The summed E-state index contributed by atoms with van der Waals surface area (Å²) in [6.07, 6.45) is 0. The first kappa shape index (κ1) is 23.7. The Morgan fingerprint density at radius 1 is 1.00 bits per heavy atom. The summed E-state index contributed by atoms with van der Waals surface area (Å²) in [5.74, 6) is 3.08. The van der Waals surface area contributed by atoms with Crippen LogP contribution in [0.1, 0.15) is 11.1 Å². The molecule has 0 aliphatic carbocycles. The molecule has 2 N–H and O–H groups in total. The number of ether oxygens (including phenoxy) is 3. The van der Waals surface area contributed by atoms with Crippen LogP contribution in [0.3, 0.4) is 0 Å². The molecule has 0 saturated heterocycles. The Bertz CT molecular complexity index is 799. The van der Waals surface area contributed by atoms with Gasteiger partial charge in [0.1, 0.15) is 23.0 Å². The minimum Gasteiger partial charge on any atom is -0.508 e. The number of methoxy groups -OCH3 is 3. The Morgan fingerprint density at radius 2 is 1.64 bits per heavy atom. The number of benzene rings is 2. The zero-order valence-corrected chi connectivity index (χ0v) is 19.2. The molecule has 0 aliphatic rings. The maximum Gasteiger partial charge on any atom is 0.193 e. The van der Waals surface area contributed by atoms with Gasteiger partial charge in [0.05, 0.1) is 21.3 Å². The Kier molecular flexibility index (Phi) is 9.70. The van der Waals surface area contributed by atoms with E-state index in [0.29, 0.717) is 24.8 Å². The van der Waals surface area contributed by atoms with Crippen LogP contribution in [-0.2, 0) is 13.1 Å². The summed E-state index contributed by atoms with van der Waals surface area (Å²) < 4.78 is 15.9. The molecule has 2 rings (SSSR count). The van der Waals surface area contributed by atoms with Crippen LogP contribution in [0.5, 0.6) is 23.0 Å². The summed E-state index contributed by atoms with van der Waals surface area (Å²) in [7, 11) is 8.51. The number of nitrogens with one attached hydrogen (secondary N) is 1. The van der Waals surface area contributed by atoms with Gasteiger partial charge in [-0.2, -0.15) is 0 Å². The highest BCUT2D eigenvalue weighted by atomic mass is 127. The van der Waals surface area contributed by atoms with E-state index in [1.54, 1.807) is 46.6 Å². The number of halogens is 1. The van der Waals surface area contributed by atoms with Crippen LogP contribution in [0.4, 0.5) is 0 Å². The molecule has 0 spiro atoms. The van der Waals surface area contributed by atoms with Crippen LogP contribution in [-0.4, -0.2) is 51.4 Å². The monoisotopic (exact) mass is 501 g/mol. The standard InChI is InChI=1S/C20H27N3O4.HI/c1-21-20(22-12-15-10-16(25-3)8-9-18(15)24)23(2)13-14-6-7-17(26-4)11-19(14)27-5;/h6-11,24H,12-13H2,1-5H3,(H,21,22);1H. The van der Waals surface area contributed by atoms with Gasteiger partial charge in [0.25, 0.3) is 0 Å². The van der Waals surface area contributed by atoms with E-state index in [4.69, 9.17) is 14.2 Å². The fourth-order valence-electron chi connectivity index (χ4n) is 2.70. The van der Waals surface area contributed by atoms with Crippen molar-refractivity contribution in [1.82, 2.24) is 10.2 Å². The van der Waals surface area contributed by atoms with Crippen LogP contribution in [0.15, 0.2) is 41.4 Å². The third kappa shape index (κ3) is 6.08. The van der Waals surface area contributed by atoms with E-state index >= 15 is 0 Å². The first-order valence-electron chi connectivity index (χ1n) is 8.51. The number of aromatic hydroxyl groups is 1. The molecule has 2 aromatic rings. The van der Waals surface area contributed by atoms with E-state index in [9.17, 15) is 5.11 Å². The third-order valence-corrected chi connectivity index (χ3v) is 4.20. The number of aliphatic imine (C=N–C) groups is 1. The lowest BCUT2D eigenvalue weighted by atomic mass is 10.1. The van der Waals surface area contributed by atoms with Gasteiger partial charge in [-0.1, -0.05) is 0 Å². The lowest BCUT2D eigenvalue weighted by Crippen LogP contribution is -2.38. The number of guanidine groups is 1. The van der Waals surface area contributed by atoms with E-state index < -0.39 is 0 Å². The molecule has 0 fully saturated rings. The lowest BCUT2D eigenvalue weighted by Gasteiger charge is -2.23. The third-order valence-electron chi connectivity index (χ3n) is 4.20. The summed E-state index contributed by atoms with van der Waals surface area (Å²) in [4.78, 5) is 6.29. The van der Waals surface area contributed by atoms with E-state index in [-0.39, 0.29) is 29.7 Å². The van der Waals surface area contributed by atoms with Crippen molar-refractivity contribution >= 4 is 29.9 Å². The van der Waals surface area contributed by atoms with Gasteiger partial charge in [-0.15, -0.1) is 24.0 Å². The van der Waals surface area contributed by atoms with Gasteiger partial charge in [-0.05, 0) is 30.3 Å². The normalized spacial score (nSPS) is 10.7. The number of phenols is 1. The maximum atomic E-state index is 10.0. The molecule has 0 aliphatic heterocycles. The van der Waals surface area contributed by atoms with Gasteiger partial charge in [-0.3, -0.25) is 4.99 Å². The Hall–Kier alpha value is -2.36. The predicted molar refractivity (Wildman–Crippen MR) is 121 cm³/mol. The molecule has 0 bridgehead atoms. The highest BCUT2D eigenvalue weighted by molar-refractivity contribution is 14.0. The second-order valence-electron chi connectivity index (χ2n) is 5.93. The molecule has 0 aromatic heterocycles. The summed E-state index contributed by atoms with van der Waals surface area (Å²) in [5, 5.41) is 13.3. The smallest absolute Gasteiger partial charge is 0.193 e. The van der Waals surface area contributed by atoms with E-state index in [1.807, 2.05) is 30.1 Å². The molecule has 7 nitrogen and oxygen atoms in total. The maximum absolute atomic E-state index is 10.0. The van der Waals surface area contributed by atoms with Crippen LogP contribution in [0.25, 0.3) is 0 Å². The van der Waals surface area contributed by atoms with Gasteiger partial charge in [-0.25, -0.2) is 0 Å². The van der Waals surface area contributed by atoms with Crippen molar-refractivity contribution in [3.8, 4) is 23.0 Å². The van der Waals surface area contributed by atoms with Crippen LogP contribution in [0, 0.1) is 0 Å². The highest BCUT2D eigenvalue weighted by Gasteiger charge is 2.12. The molecule has 28 heavy (non-hydrogen) atoms. The number of hydrogen-bond acceptors (Lipinski definition) is 5. The Labute approximate surface area is 183 Å². The van der Waals surface area contributed by atoms with Gasteiger partial charge < -0.3 is 29.5 Å². The second kappa shape index (κ2) is 11.5. The largest absolute Gasteiger partial charge is 0.508 e. The minimum absolute atomic E-state index is 0. The van der Waals surface area contributed by atoms with Crippen molar-refractivity contribution in [3.05, 3.63) is 47.5 Å². The summed E-state index contributed by atoms with van der Waals surface area (Å²) in [5.41, 5.74) is 1.74. The topological polar surface area (TPSA) is 75.6 Å². The summed E-state index contributed by atoms with van der Waals surface area (Å²) in [6.45, 7) is 1.01. The minimum atomic E-state index is 0. The van der Waals surface area contributed by atoms with E-state index in [0.717, 1.165) is 22.6 Å². The second-order valence-corrected chi connectivity index (χ2v) is 5.93. The van der Waals surface area contributed by atoms with Crippen molar-refractivity contribution < 1.29 is 19.3 Å². The fourth-order valence-corrected chi connectivity index (χ4v) is 2.70. The lowest BCUT2D eigenvalue weighted by molar-refractivity contribution is 0.382. The molecule has 0 atom stereocenters. The molecular weight excluding hydrogens is 473 g/mol. The number of nitrogens with zero attached hydrogens (tertiary/aromatic N) is 2. The molecule has 0 saturated carbocycles. The van der Waals surface area contributed by atoms with Crippen molar-refractivity contribution in [2.24, 2.45) is 4.99 Å². The molecule has 0 heterocycles. The van der Waals surface area contributed by atoms with Gasteiger partial charge in [0.15, 0.2) is 5.96 Å². The van der Waals surface area contributed by atoms with Crippen LogP contribution < -0.4 is 19.5 Å². The average molecular weight is 501 g/mol. The summed E-state index contributed by atoms with van der Waals surface area (Å²) >= 11 is 0. The SMILES string of the molecule is CN=C(NCc1cc(OC)ccc1O)N(C)Cc1ccc(OC)cc1OC.I.